The summed E-state index contributed by atoms with van der Waals surface area (Å²) in [5.74, 6) is 0.0721. The van der Waals surface area contributed by atoms with E-state index in [-0.39, 0.29) is 17.3 Å². The molecule has 0 radical (unpaired) electrons. The predicted molar refractivity (Wildman–Crippen MR) is 65.9 cm³/mol. The largest absolute Gasteiger partial charge is 0.369 e. The number of ether oxygens (including phenoxy) is 1. The van der Waals surface area contributed by atoms with E-state index in [2.05, 4.69) is 4.98 Å². The van der Waals surface area contributed by atoms with Gasteiger partial charge in [-0.1, -0.05) is 0 Å². The molecule has 3 heteroatoms. The third-order valence-electron chi connectivity index (χ3n) is 3.36. The van der Waals surface area contributed by atoms with Crippen LogP contribution < -0.4 is 0 Å². The van der Waals surface area contributed by atoms with Crippen molar-refractivity contribution in [1.82, 2.24) is 4.98 Å². The summed E-state index contributed by atoms with van der Waals surface area (Å²) >= 11 is 0. The minimum Gasteiger partial charge on any atom is -0.369 e. The molecule has 2 rings (SSSR count). The molecule has 1 fully saturated rings. The number of hydrogen-bond acceptors (Lipinski definition) is 3. The lowest BCUT2D eigenvalue weighted by molar-refractivity contribution is -0.0712. The monoisotopic (exact) mass is 233 g/mol. The minimum atomic E-state index is -0.399. The first-order valence-corrected chi connectivity index (χ1v) is 5.96. The molecule has 0 aliphatic carbocycles. The number of hydrogen-bond donors (Lipinski definition) is 0. The third-order valence-corrected chi connectivity index (χ3v) is 3.36. The number of carbonyl (C=O) groups is 1. The predicted octanol–water partition coefficient (Wildman–Crippen LogP) is 2.86. The lowest BCUT2D eigenvalue weighted by Crippen LogP contribution is -2.33. The second kappa shape index (κ2) is 3.91. The molecule has 0 saturated carbocycles. The highest BCUT2D eigenvalue weighted by atomic mass is 16.5. The van der Waals surface area contributed by atoms with Crippen LogP contribution in [-0.2, 0) is 4.74 Å². The van der Waals surface area contributed by atoms with E-state index in [0.29, 0.717) is 0 Å². The average molecular weight is 233 g/mol. The van der Waals surface area contributed by atoms with E-state index < -0.39 is 5.60 Å². The Morgan fingerprint density at radius 2 is 1.88 bits per heavy atom. The Balaban J connectivity index is 2.27. The van der Waals surface area contributed by atoms with Gasteiger partial charge in [0.15, 0.2) is 5.78 Å². The van der Waals surface area contributed by atoms with Crippen molar-refractivity contribution in [1.29, 1.82) is 0 Å². The van der Waals surface area contributed by atoms with Gasteiger partial charge >= 0.3 is 0 Å². The van der Waals surface area contributed by atoms with E-state index in [4.69, 9.17) is 4.74 Å². The summed E-state index contributed by atoms with van der Waals surface area (Å²) in [4.78, 5) is 16.4. The molecular weight excluding hydrogens is 214 g/mol. The average Bonchev–Trinajstić information content (AvgIpc) is 2.47. The first kappa shape index (κ1) is 12.2. The second-order valence-electron chi connectivity index (χ2n) is 5.82. The van der Waals surface area contributed by atoms with Gasteiger partial charge in [0.05, 0.1) is 17.1 Å². The SMILES string of the molecule is CC1(C)CC(C(=O)c2ccncc2)C(C)(C)O1. The molecule has 0 amide bonds. The second-order valence-corrected chi connectivity index (χ2v) is 5.82. The van der Waals surface area contributed by atoms with E-state index in [1.54, 1.807) is 24.5 Å². The van der Waals surface area contributed by atoms with Gasteiger partial charge in [-0.3, -0.25) is 9.78 Å². The van der Waals surface area contributed by atoms with Crippen molar-refractivity contribution < 1.29 is 9.53 Å². The molecule has 3 nitrogen and oxygen atoms in total. The Morgan fingerprint density at radius 1 is 1.29 bits per heavy atom. The number of aromatic nitrogens is 1. The molecule has 0 aromatic carbocycles. The van der Waals surface area contributed by atoms with Crippen LogP contribution in [0.1, 0.15) is 44.5 Å². The Morgan fingerprint density at radius 3 is 2.35 bits per heavy atom. The number of Topliss-reactive ketones (excluding diaryl/α,β-unsaturated/α-hetero) is 1. The first-order valence-electron chi connectivity index (χ1n) is 5.96. The van der Waals surface area contributed by atoms with Crippen molar-refractivity contribution in [3.63, 3.8) is 0 Å². The molecule has 0 spiro atoms. The van der Waals surface area contributed by atoms with Gasteiger partial charge in [0.1, 0.15) is 0 Å². The van der Waals surface area contributed by atoms with Crippen LogP contribution in [0, 0.1) is 5.92 Å². The Bertz CT molecular complexity index is 423. The molecule has 1 aromatic rings. The first-order chi connectivity index (χ1) is 7.82. The summed E-state index contributed by atoms with van der Waals surface area (Å²) in [6, 6.07) is 3.54. The standard InChI is InChI=1S/C14H19NO2/c1-13(2)9-11(14(3,4)17-13)12(16)10-5-7-15-8-6-10/h5-8,11H,9H2,1-4H3. The normalized spacial score (nSPS) is 25.8. The maximum Gasteiger partial charge on any atom is 0.169 e. The summed E-state index contributed by atoms with van der Waals surface area (Å²) in [5.41, 5.74) is 0.0973. The highest BCUT2D eigenvalue weighted by Gasteiger charge is 2.49. The molecule has 1 unspecified atom stereocenters. The Kier molecular flexibility index (Phi) is 2.82. The number of rotatable bonds is 2. The van der Waals surface area contributed by atoms with Crippen LogP contribution in [0.2, 0.25) is 0 Å². The van der Waals surface area contributed by atoms with Crippen molar-refractivity contribution in [2.75, 3.05) is 0 Å². The summed E-state index contributed by atoms with van der Waals surface area (Å²) in [6.07, 6.45) is 4.07. The van der Waals surface area contributed by atoms with Gasteiger partial charge in [0.25, 0.3) is 0 Å². The lowest BCUT2D eigenvalue weighted by atomic mass is 9.82. The van der Waals surface area contributed by atoms with Crippen molar-refractivity contribution in [2.45, 2.75) is 45.3 Å². The van der Waals surface area contributed by atoms with Gasteiger partial charge in [-0.25, -0.2) is 0 Å². The quantitative estimate of drug-likeness (QED) is 0.737. The van der Waals surface area contributed by atoms with Crippen LogP contribution in [0.4, 0.5) is 0 Å². The van der Waals surface area contributed by atoms with Crippen LogP contribution in [0.25, 0.3) is 0 Å². The van der Waals surface area contributed by atoms with E-state index in [0.717, 1.165) is 12.0 Å². The number of ketones is 1. The molecule has 1 aliphatic rings. The molecule has 0 N–H and O–H groups in total. The Hall–Kier alpha value is -1.22. The molecule has 2 heterocycles. The summed E-state index contributed by atoms with van der Waals surface area (Å²) < 4.78 is 5.95. The molecule has 1 aromatic heterocycles. The number of nitrogens with zero attached hydrogens (tertiary/aromatic N) is 1. The smallest absolute Gasteiger partial charge is 0.169 e. The molecule has 17 heavy (non-hydrogen) atoms. The van der Waals surface area contributed by atoms with Crippen LogP contribution in [0.3, 0.4) is 0 Å². The number of carbonyl (C=O) groups excluding carboxylic acids is 1. The Labute approximate surface area is 102 Å². The molecule has 92 valence electrons. The fraction of sp³-hybridized carbons (Fsp3) is 0.571. The topological polar surface area (TPSA) is 39.2 Å². The van der Waals surface area contributed by atoms with E-state index >= 15 is 0 Å². The van der Waals surface area contributed by atoms with E-state index in [1.165, 1.54) is 0 Å². The maximum absolute atomic E-state index is 12.4. The number of pyridine rings is 1. The minimum absolute atomic E-state index is 0.0834. The van der Waals surface area contributed by atoms with Gasteiger partial charge in [0, 0.05) is 18.0 Å². The van der Waals surface area contributed by atoms with Gasteiger partial charge in [-0.2, -0.15) is 0 Å². The molecule has 0 bridgehead atoms. The van der Waals surface area contributed by atoms with E-state index in [9.17, 15) is 4.79 Å². The molecule has 1 saturated heterocycles. The molecule has 1 aliphatic heterocycles. The summed E-state index contributed by atoms with van der Waals surface area (Å²) in [6.45, 7) is 8.06. The van der Waals surface area contributed by atoms with Crippen LogP contribution >= 0.6 is 0 Å². The highest BCUT2D eigenvalue weighted by molar-refractivity contribution is 5.98. The third kappa shape index (κ3) is 2.39. The van der Waals surface area contributed by atoms with Crippen molar-refractivity contribution in [3.05, 3.63) is 30.1 Å². The van der Waals surface area contributed by atoms with Crippen molar-refractivity contribution >= 4 is 5.78 Å². The lowest BCUT2D eigenvalue weighted by Gasteiger charge is -2.26. The maximum atomic E-state index is 12.4. The zero-order valence-corrected chi connectivity index (χ0v) is 10.9. The fourth-order valence-corrected chi connectivity index (χ4v) is 2.69. The molecule has 1 atom stereocenters. The highest BCUT2D eigenvalue weighted by Crippen LogP contribution is 2.43. The van der Waals surface area contributed by atoms with Gasteiger partial charge in [0.2, 0.25) is 0 Å². The van der Waals surface area contributed by atoms with Gasteiger partial charge in [-0.15, -0.1) is 0 Å². The van der Waals surface area contributed by atoms with Crippen LogP contribution in [-0.4, -0.2) is 22.0 Å². The van der Waals surface area contributed by atoms with Crippen molar-refractivity contribution in [3.8, 4) is 0 Å². The van der Waals surface area contributed by atoms with Crippen molar-refractivity contribution in [2.24, 2.45) is 5.92 Å². The van der Waals surface area contributed by atoms with Crippen LogP contribution in [0.15, 0.2) is 24.5 Å². The molecular formula is C14H19NO2. The summed E-state index contributed by atoms with van der Waals surface area (Å²) in [7, 11) is 0. The van der Waals surface area contributed by atoms with Gasteiger partial charge in [-0.05, 0) is 46.2 Å². The fourth-order valence-electron chi connectivity index (χ4n) is 2.69. The summed E-state index contributed by atoms with van der Waals surface area (Å²) in [5, 5.41) is 0. The van der Waals surface area contributed by atoms with Gasteiger partial charge < -0.3 is 4.74 Å². The van der Waals surface area contributed by atoms with Crippen LogP contribution in [0.5, 0.6) is 0 Å². The zero-order chi connectivity index (χ0) is 12.7. The zero-order valence-electron chi connectivity index (χ0n) is 10.9. The van der Waals surface area contributed by atoms with E-state index in [1.807, 2.05) is 27.7 Å².